The van der Waals surface area contributed by atoms with Gasteiger partial charge in [-0.05, 0) is 148 Å². The summed E-state index contributed by atoms with van der Waals surface area (Å²) in [6.45, 7) is 6.25. The Morgan fingerprint density at radius 3 is 1.38 bits per heavy atom. The minimum atomic E-state index is -4.94. The molecule has 0 aliphatic carbocycles. The molecule has 0 aliphatic heterocycles. The van der Waals surface area contributed by atoms with Crippen LogP contribution in [0.4, 0.5) is 13.2 Å². The number of benzene rings is 9. The van der Waals surface area contributed by atoms with E-state index in [1.54, 1.807) is 84.9 Å². The average molecular weight is 1020 g/mol. The highest BCUT2D eigenvalue weighted by Crippen LogP contribution is 2.45. The minimum absolute atomic E-state index is 0.0381. The summed E-state index contributed by atoms with van der Waals surface area (Å²) in [6.07, 6.45) is -1.17. The molecule has 370 valence electrons. The molecule has 0 spiro atoms. The van der Waals surface area contributed by atoms with Crippen molar-refractivity contribution in [3.63, 3.8) is 0 Å². The summed E-state index contributed by atoms with van der Waals surface area (Å²) in [4.78, 5) is 0. The van der Waals surface area contributed by atoms with Crippen LogP contribution in [-0.4, -0.2) is 9.13 Å². The number of nitrogens with zero attached hydrogens (tertiary/aromatic N) is 8. The lowest BCUT2D eigenvalue weighted by Gasteiger charge is -2.21. The van der Waals surface area contributed by atoms with Crippen molar-refractivity contribution >= 4 is 44.4 Å². The van der Waals surface area contributed by atoms with Gasteiger partial charge in [0, 0.05) is 33.0 Å². The van der Waals surface area contributed by atoms with Crippen molar-refractivity contribution in [2.24, 2.45) is 0 Å². The monoisotopic (exact) mass is 1020 g/mol. The first-order chi connectivity index (χ1) is 38.3. The Kier molecular flexibility index (Phi) is 12.6. The summed E-state index contributed by atoms with van der Waals surface area (Å²) in [7, 11) is 0. The Balaban J connectivity index is 1.30. The average Bonchev–Trinajstić information content (AvgIpc) is 4.11. The molecule has 9 aromatic carbocycles. The normalized spacial score (nSPS) is 11.2. The standard InChI is InChI=1S/C68H37F3N8/c1-41(48-11-3-7-43(25-48)35-72)15-20-56-42(2)78(63-30-52(17-22-58(56)63)49-12-4-8-44(26-49)36-73)67-34-61(57-21-16-47(39-76)29-62(57)68(69,70)71)55(40-77)33-66(67)79-64-31-53(50-13-5-9-45(27-50)37-74)18-23-59(64)60-24-19-54(32-65(60)79)51-14-6-10-46(28-51)38-75/h3-34H,1H2,2H3/b20-15-. The molecule has 0 atom stereocenters. The van der Waals surface area contributed by atoms with Crippen LogP contribution in [0.1, 0.15) is 55.8 Å². The van der Waals surface area contributed by atoms with E-state index in [-0.39, 0.29) is 22.3 Å². The van der Waals surface area contributed by atoms with Crippen LogP contribution in [0.2, 0.25) is 0 Å². The fourth-order valence-electron chi connectivity index (χ4n) is 10.5. The highest BCUT2D eigenvalue weighted by Gasteiger charge is 2.35. The molecule has 0 aliphatic rings. The molecule has 8 nitrogen and oxygen atoms in total. The third-order valence-corrected chi connectivity index (χ3v) is 14.3. The molecule has 0 bridgehead atoms. The van der Waals surface area contributed by atoms with Crippen molar-refractivity contribution in [3.05, 3.63) is 250 Å². The Morgan fingerprint density at radius 1 is 0.443 bits per heavy atom. The van der Waals surface area contributed by atoms with Gasteiger partial charge in [-0.25, -0.2) is 0 Å². The number of hydrogen-bond acceptors (Lipinski definition) is 6. The molecule has 0 N–H and O–H groups in total. The first kappa shape index (κ1) is 49.7. The third-order valence-electron chi connectivity index (χ3n) is 14.3. The van der Waals surface area contributed by atoms with E-state index >= 15 is 13.2 Å². The predicted octanol–water partition coefficient (Wildman–Crippen LogP) is 16.7. The van der Waals surface area contributed by atoms with Gasteiger partial charge in [-0.2, -0.15) is 44.7 Å². The zero-order valence-corrected chi connectivity index (χ0v) is 41.9. The van der Waals surface area contributed by atoms with Crippen molar-refractivity contribution in [2.75, 3.05) is 0 Å². The van der Waals surface area contributed by atoms with Gasteiger partial charge >= 0.3 is 6.18 Å². The van der Waals surface area contributed by atoms with Crippen LogP contribution >= 0.6 is 0 Å². The summed E-state index contributed by atoms with van der Waals surface area (Å²) < 4.78 is 50.1. The van der Waals surface area contributed by atoms with Gasteiger partial charge < -0.3 is 9.13 Å². The van der Waals surface area contributed by atoms with Gasteiger partial charge in [0.1, 0.15) is 0 Å². The molecular formula is C68H37F3N8. The van der Waals surface area contributed by atoms with Crippen LogP contribution in [0.5, 0.6) is 0 Å². The third kappa shape index (κ3) is 8.99. The lowest BCUT2D eigenvalue weighted by Crippen LogP contribution is -2.10. The van der Waals surface area contributed by atoms with Crippen molar-refractivity contribution in [1.29, 1.82) is 31.6 Å². The zero-order chi connectivity index (χ0) is 55.1. The highest BCUT2D eigenvalue weighted by atomic mass is 19.4. The summed E-state index contributed by atoms with van der Waals surface area (Å²) in [5, 5.41) is 63.0. The predicted molar refractivity (Wildman–Crippen MR) is 302 cm³/mol. The number of allylic oxidation sites excluding steroid dienone is 2. The number of nitriles is 6. The topological polar surface area (TPSA) is 153 Å². The van der Waals surface area contributed by atoms with Crippen LogP contribution in [0.3, 0.4) is 0 Å². The van der Waals surface area contributed by atoms with Crippen LogP contribution in [-0.2, 0) is 6.18 Å². The summed E-state index contributed by atoms with van der Waals surface area (Å²) >= 11 is 0. The Hall–Kier alpha value is -11.5. The molecule has 0 radical (unpaired) electrons. The Bertz CT molecular complexity index is 4600. The first-order valence-electron chi connectivity index (χ1n) is 24.7. The SMILES string of the molecule is C=C(/C=C\c1c(C)n(-c2cc(-c3ccc(C#N)cc3C(F)(F)F)c(C#N)cc2-n2c3cc(-c4cccc(C#N)c4)ccc3c3ccc(-c4cccc(C#N)c4)cc32)c2cc(-c3cccc(C#N)c3)ccc12)c1cccc(C#N)c1. The van der Waals surface area contributed by atoms with E-state index in [1.165, 1.54) is 12.1 Å². The van der Waals surface area contributed by atoms with E-state index in [0.717, 1.165) is 66.7 Å². The molecule has 0 unspecified atom stereocenters. The summed E-state index contributed by atoms with van der Waals surface area (Å²) in [5.41, 5.74) is 10.1. The molecule has 0 amide bonds. The number of halogens is 3. The second-order valence-electron chi connectivity index (χ2n) is 18.9. The fraction of sp³-hybridized carbons (Fsp3) is 0.0294. The van der Waals surface area contributed by atoms with Gasteiger partial charge in [-0.15, -0.1) is 0 Å². The number of hydrogen-bond donors (Lipinski definition) is 0. The van der Waals surface area contributed by atoms with Gasteiger partial charge in [-0.1, -0.05) is 110 Å². The number of aromatic nitrogens is 2. The van der Waals surface area contributed by atoms with Crippen molar-refractivity contribution in [1.82, 2.24) is 9.13 Å². The molecule has 0 saturated heterocycles. The van der Waals surface area contributed by atoms with Gasteiger partial charge in [0.05, 0.1) is 103 Å². The van der Waals surface area contributed by atoms with E-state index in [1.807, 2.05) is 113 Å². The van der Waals surface area contributed by atoms with E-state index in [0.29, 0.717) is 61.4 Å². The molecule has 11 heteroatoms. The van der Waals surface area contributed by atoms with Crippen molar-refractivity contribution in [3.8, 4) is 92.3 Å². The number of rotatable bonds is 9. The molecular weight excluding hydrogens is 986 g/mol. The molecule has 2 heterocycles. The van der Waals surface area contributed by atoms with Gasteiger partial charge in [0.15, 0.2) is 0 Å². The van der Waals surface area contributed by atoms with E-state index in [4.69, 9.17) is 0 Å². The lowest BCUT2D eigenvalue weighted by atomic mass is 9.92. The van der Waals surface area contributed by atoms with Crippen molar-refractivity contribution in [2.45, 2.75) is 13.1 Å². The van der Waals surface area contributed by atoms with Gasteiger partial charge in [-0.3, -0.25) is 0 Å². The maximum absolute atomic E-state index is 15.4. The second-order valence-corrected chi connectivity index (χ2v) is 18.9. The molecule has 11 aromatic rings. The number of alkyl halides is 3. The van der Waals surface area contributed by atoms with Gasteiger partial charge in [0.2, 0.25) is 0 Å². The molecule has 0 fully saturated rings. The fourth-order valence-corrected chi connectivity index (χ4v) is 10.5. The van der Waals surface area contributed by atoms with Crippen LogP contribution in [0.25, 0.3) is 100 Å². The Morgan fingerprint density at radius 2 is 0.886 bits per heavy atom. The molecule has 2 aromatic heterocycles. The van der Waals surface area contributed by atoms with E-state index in [9.17, 15) is 31.6 Å². The summed E-state index contributed by atoms with van der Waals surface area (Å²) in [5.74, 6) is 0. The van der Waals surface area contributed by atoms with E-state index < -0.39 is 11.7 Å². The maximum atomic E-state index is 15.4. The number of fused-ring (bicyclic) bond motifs is 4. The zero-order valence-electron chi connectivity index (χ0n) is 41.9. The Labute approximate surface area is 452 Å². The minimum Gasteiger partial charge on any atom is -0.311 e. The van der Waals surface area contributed by atoms with Crippen molar-refractivity contribution < 1.29 is 13.2 Å². The van der Waals surface area contributed by atoms with Crippen LogP contribution in [0, 0.1) is 74.9 Å². The lowest BCUT2D eigenvalue weighted by molar-refractivity contribution is -0.137. The largest absolute Gasteiger partial charge is 0.417 e. The van der Waals surface area contributed by atoms with Gasteiger partial charge in [0.25, 0.3) is 0 Å². The molecule has 0 saturated carbocycles. The maximum Gasteiger partial charge on any atom is 0.417 e. The molecule has 11 rings (SSSR count). The van der Waals surface area contributed by atoms with Crippen LogP contribution < -0.4 is 0 Å². The highest BCUT2D eigenvalue weighted by molar-refractivity contribution is 6.12. The first-order valence-corrected chi connectivity index (χ1v) is 24.7. The molecule has 79 heavy (non-hydrogen) atoms. The smallest absolute Gasteiger partial charge is 0.311 e. The second kappa shape index (κ2) is 20.0. The van der Waals surface area contributed by atoms with E-state index in [2.05, 4.69) is 36.9 Å². The quantitative estimate of drug-likeness (QED) is 0.131. The summed E-state index contributed by atoms with van der Waals surface area (Å²) in [6, 6.07) is 66.0. The van der Waals surface area contributed by atoms with Crippen LogP contribution in [0.15, 0.2) is 195 Å².